The standard InChI is InChI=1S/C16H23N3O/c1-11(2)15-13-7-5-4-6-12(13)14(10-17)16(19-15)18-8-9-20-3/h11H,4-9H2,1-3H3,(H,18,19). The lowest BCUT2D eigenvalue weighted by atomic mass is 9.85. The van der Waals surface area contributed by atoms with Crippen molar-refractivity contribution in [3.05, 3.63) is 22.4 Å². The topological polar surface area (TPSA) is 57.9 Å². The van der Waals surface area contributed by atoms with Crippen molar-refractivity contribution in [2.45, 2.75) is 45.4 Å². The number of pyridine rings is 1. The van der Waals surface area contributed by atoms with Crippen LogP contribution in [-0.4, -0.2) is 25.2 Å². The highest BCUT2D eigenvalue weighted by molar-refractivity contribution is 5.60. The maximum absolute atomic E-state index is 9.50. The molecule has 1 heterocycles. The summed E-state index contributed by atoms with van der Waals surface area (Å²) in [5.74, 6) is 1.12. The van der Waals surface area contributed by atoms with E-state index in [1.807, 2.05) is 0 Å². The molecule has 0 amide bonds. The molecule has 0 spiro atoms. The molecule has 1 aliphatic carbocycles. The third-order valence-electron chi connectivity index (χ3n) is 3.81. The molecular weight excluding hydrogens is 250 g/mol. The summed E-state index contributed by atoms with van der Waals surface area (Å²) >= 11 is 0. The number of anilines is 1. The molecule has 0 radical (unpaired) electrons. The van der Waals surface area contributed by atoms with Gasteiger partial charge in [0.05, 0.1) is 12.2 Å². The van der Waals surface area contributed by atoms with Crippen molar-refractivity contribution in [1.82, 2.24) is 4.98 Å². The van der Waals surface area contributed by atoms with E-state index in [4.69, 9.17) is 9.72 Å². The first-order valence-corrected chi connectivity index (χ1v) is 7.37. The maximum atomic E-state index is 9.50. The SMILES string of the molecule is COCCNc1nc(C(C)C)c2c(c1C#N)CCCC2. The molecule has 4 heteroatoms. The Kier molecular flexibility index (Phi) is 4.97. The van der Waals surface area contributed by atoms with Crippen LogP contribution in [0.5, 0.6) is 0 Å². The minimum Gasteiger partial charge on any atom is -0.383 e. The number of methoxy groups -OCH3 is 1. The van der Waals surface area contributed by atoms with E-state index < -0.39 is 0 Å². The number of rotatable bonds is 5. The summed E-state index contributed by atoms with van der Waals surface area (Å²) in [4.78, 5) is 4.74. The van der Waals surface area contributed by atoms with Gasteiger partial charge in [0.15, 0.2) is 0 Å². The fourth-order valence-corrected chi connectivity index (χ4v) is 2.85. The third kappa shape index (κ3) is 2.94. The Bertz CT molecular complexity index is 517. The van der Waals surface area contributed by atoms with E-state index in [0.29, 0.717) is 19.1 Å². The van der Waals surface area contributed by atoms with Gasteiger partial charge in [0.1, 0.15) is 11.9 Å². The fourth-order valence-electron chi connectivity index (χ4n) is 2.85. The van der Waals surface area contributed by atoms with Gasteiger partial charge < -0.3 is 10.1 Å². The average Bonchev–Trinajstić information content (AvgIpc) is 2.46. The van der Waals surface area contributed by atoms with Gasteiger partial charge in [0, 0.05) is 19.3 Å². The molecule has 1 aromatic heterocycles. The molecule has 0 unspecified atom stereocenters. The van der Waals surface area contributed by atoms with Gasteiger partial charge in [-0.05, 0) is 42.7 Å². The van der Waals surface area contributed by atoms with Gasteiger partial charge in [0.2, 0.25) is 0 Å². The van der Waals surface area contributed by atoms with Gasteiger partial charge in [-0.2, -0.15) is 5.26 Å². The van der Waals surface area contributed by atoms with Crippen molar-refractivity contribution in [2.75, 3.05) is 25.6 Å². The predicted octanol–water partition coefficient (Wildman–Crippen LogP) is 3.01. The van der Waals surface area contributed by atoms with Crippen LogP contribution < -0.4 is 5.32 Å². The zero-order valence-corrected chi connectivity index (χ0v) is 12.6. The Morgan fingerprint density at radius 1 is 1.30 bits per heavy atom. The highest BCUT2D eigenvalue weighted by atomic mass is 16.5. The van der Waals surface area contributed by atoms with E-state index in [-0.39, 0.29) is 0 Å². The molecule has 0 fully saturated rings. The molecule has 4 nitrogen and oxygen atoms in total. The molecule has 20 heavy (non-hydrogen) atoms. The molecule has 1 aromatic rings. The Labute approximate surface area is 121 Å². The highest BCUT2D eigenvalue weighted by Gasteiger charge is 2.23. The van der Waals surface area contributed by atoms with Crippen LogP contribution in [-0.2, 0) is 17.6 Å². The monoisotopic (exact) mass is 273 g/mol. The molecular formula is C16H23N3O. The van der Waals surface area contributed by atoms with E-state index in [9.17, 15) is 5.26 Å². The van der Waals surface area contributed by atoms with Gasteiger partial charge >= 0.3 is 0 Å². The van der Waals surface area contributed by atoms with E-state index in [1.54, 1.807) is 7.11 Å². The summed E-state index contributed by atoms with van der Waals surface area (Å²) in [6, 6.07) is 2.35. The number of fused-ring (bicyclic) bond motifs is 1. The second kappa shape index (κ2) is 6.71. The fraction of sp³-hybridized carbons (Fsp3) is 0.625. The van der Waals surface area contributed by atoms with Crippen molar-refractivity contribution >= 4 is 5.82 Å². The Morgan fingerprint density at radius 2 is 2.00 bits per heavy atom. The van der Waals surface area contributed by atoms with Crippen LogP contribution in [0.3, 0.4) is 0 Å². The number of nitriles is 1. The molecule has 0 atom stereocenters. The first-order valence-electron chi connectivity index (χ1n) is 7.37. The third-order valence-corrected chi connectivity index (χ3v) is 3.81. The van der Waals surface area contributed by atoms with E-state index >= 15 is 0 Å². The number of aromatic nitrogens is 1. The van der Waals surface area contributed by atoms with Crippen molar-refractivity contribution in [2.24, 2.45) is 0 Å². The summed E-state index contributed by atoms with van der Waals surface area (Å²) in [6.45, 7) is 5.62. The number of hydrogen-bond donors (Lipinski definition) is 1. The number of nitrogens with zero attached hydrogens (tertiary/aromatic N) is 2. The zero-order valence-electron chi connectivity index (χ0n) is 12.6. The quantitative estimate of drug-likeness (QED) is 0.838. The number of hydrogen-bond acceptors (Lipinski definition) is 4. The Balaban J connectivity index is 2.45. The van der Waals surface area contributed by atoms with Crippen molar-refractivity contribution in [3.8, 4) is 6.07 Å². The normalized spacial score (nSPS) is 13.9. The summed E-state index contributed by atoms with van der Waals surface area (Å²) in [5.41, 5.74) is 4.43. The van der Waals surface area contributed by atoms with Crippen LogP contribution in [0.2, 0.25) is 0 Å². The van der Waals surface area contributed by atoms with E-state index in [1.165, 1.54) is 24.0 Å². The van der Waals surface area contributed by atoms with Crippen LogP contribution >= 0.6 is 0 Å². The predicted molar refractivity (Wildman–Crippen MR) is 80.0 cm³/mol. The lowest BCUT2D eigenvalue weighted by Crippen LogP contribution is -2.17. The van der Waals surface area contributed by atoms with Gasteiger partial charge in [-0.15, -0.1) is 0 Å². The van der Waals surface area contributed by atoms with Crippen molar-refractivity contribution in [3.63, 3.8) is 0 Å². The largest absolute Gasteiger partial charge is 0.383 e. The molecule has 0 aromatic carbocycles. The summed E-state index contributed by atoms with van der Waals surface area (Å²) in [7, 11) is 1.67. The molecule has 1 aliphatic rings. The summed E-state index contributed by atoms with van der Waals surface area (Å²) in [6.07, 6.45) is 4.43. The number of nitrogens with one attached hydrogen (secondary N) is 1. The highest BCUT2D eigenvalue weighted by Crippen LogP contribution is 2.33. The Morgan fingerprint density at radius 3 is 2.60 bits per heavy atom. The first kappa shape index (κ1) is 14.8. The molecule has 0 saturated heterocycles. The maximum Gasteiger partial charge on any atom is 0.144 e. The van der Waals surface area contributed by atoms with Gasteiger partial charge in [-0.1, -0.05) is 13.8 Å². The van der Waals surface area contributed by atoms with Gasteiger partial charge in [0.25, 0.3) is 0 Å². The van der Waals surface area contributed by atoms with Gasteiger partial charge in [-0.25, -0.2) is 4.98 Å². The molecule has 0 saturated carbocycles. The zero-order chi connectivity index (χ0) is 14.5. The van der Waals surface area contributed by atoms with Crippen LogP contribution in [0.4, 0.5) is 5.82 Å². The van der Waals surface area contributed by atoms with Crippen LogP contribution in [0.15, 0.2) is 0 Å². The minimum atomic E-state index is 0.387. The summed E-state index contributed by atoms with van der Waals surface area (Å²) < 4.78 is 5.05. The molecule has 1 N–H and O–H groups in total. The van der Waals surface area contributed by atoms with Crippen molar-refractivity contribution in [1.29, 1.82) is 5.26 Å². The van der Waals surface area contributed by atoms with E-state index in [2.05, 4.69) is 25.2 Å². The molecule has 108 valence electrons. The molecule has 0 aliphatic heterocycles. The lowest BCUT2D eigenvalue weighted by molar-refractivity contribution is 0.210. The molecule has 2 rings (SSSR count). The van der Waals surface area contributed by atoms with Crippen molar-refractivity contribution < 1.29 is 4.74 Å². The minimum absolute atomic E-state index is 0.387. The second-order valence-electron chi connectivity index (χ2n) is 5.57. The summed E-state index contributed by atoms with van der Waals surface area (Å²) in [5, 5.41) is 12.8. The number of ether oxygens (including phenoxy) is 1. The van der Waals surface area contributed by atoms with Crippen LogP contribution in [0, 0.1) is 11.3 Å². The second-order valence-corrected chi connectivity index (χ2v) is 5.57. The lowest BCUT2D eigenvalue weighted by Gasteiger charge is -2.24. The average molecular weight is 273 g/mol. The molecule has 0 bridgehead atoms. The van der Waals surface area contributed by atoms with Crippen LogP contribution in [0.25, 0.3) is 0 Å². The van der Waals surface area contributed by atoms with Gasteiger partial charge in [-0.3, -0.25) is 0 Å². The first-order chi connectivity index (χ1) is 9.69. The smallest absolute Gasteiger partial charge is 0.144 e. The van der Waals surface area contributed by atoms with E-state index in [0.717, 1.165) is 29.9 Å². The Hall–Kier alpha value is -1.60. The van der Waals surface area contributed by atoms with Crippen LogP contribution in [0.1, 0.15) is 55.0 Å².